The molecule has 2 heteroatoms. The Morgan fingerprint density at radius 3 is 2.35 bits per heavy atom. The zero-order chi connectivity index (χ0) is 12.1. The summed E-state index contributed by atoms with van der Waals surface area (Å²) in [5.74, 6) is 0. The molecule has 2 aromatic rings. The molecule has 17 heavy (non-hydrogen) atoms. The topological polar surface area (TPSA) is 12.4 Å². The largest absolute Gasteiger partial charge is 0.285 e. The van der Waals surface area contributed by atoms with E-state index < -0.39 is 0 Å². The molecule has 0 bridgehead atoms. The van der Waals surface area contributed by atoms with Crippen molar-refractivity contribution in [1.29, 1.82) is 0 Å². The van der Waals surface area contributed by atoms with Crippen molar-refractivity contribution < 1.29 is 0 Å². The lowest BCUT2D eigenvalue weighted by molar-refractivity contribution is 0.825. The summed E-state index contributed by atoms with van der Waals surface area (Å²) < 4.78 is 1.07. The summed E-state index contributed by atoms with van der Waals surface area (Å²) in [5.41, 5.74) is 2.34. The minimum Gasteiger partial charge on any atom is -0.285 e. The van der Waals surface area contributed by atoms with Gasteiger partial charge in [0.15, 0.2) is 0 Å². The SMILES string of the molecule is C[C@H](N=Cc1ccccc1Br)c1ccccc1. The second-order valence-corrected chi connectivity index (χ2v) is 4.74. The van der Waals surface area contributed by atoms with E-state index in [1.165, 1.54) is 5.56 Å². The van der Waals surface area contributed by atoms with Gasteiger partial charge in [-0.3, -0.25) is 4.99 Å². The molecule has 1 nitrogen and oxygen atoms in total. The van der Waals surface area contributed by atoms with Crippen LogP contribution in [-0.4, -0.2) is 6.21 Å². The van der Waals surface area contributed by atoms with E-state index in [2.05, 4.69) is 40.0 Å². The van der Waals surface area contributed by atoms with Gasteiger partial charge in [0.2, 0.25) is 0 Å². The van der Waals surface area contributed by atoms with Crippen LogP contribution in [0.25, 0.3) is 0 Å². The number of aliphatic imine (C=N–C) groups is 1. The highest BCUT2D eigenvalue weighted by Gasteiger charge is 2.01. The van der Waals surface area contributed by atoms with Gasteiger partial charge in [0, 0.05) is 16.3 Å². The van der Waals surface area contributed by atoms with Crippen LogP contribution < -0.4 is 0 Å². The standard InChI is InChI=1S/C15H14BrN/c1-12(13-7-3-2-4-8-13)17-11-14-9-5-6-10-15(14)16/h2-12H,1H3/t12-/m0/s1. The highest BCUT2D eigenvalue weighted by molar-refractivity contribution is 9.10. The first-order valence-electron chi connectivity index (χ1n) is 5.60. The van der Waals surface area contributed by atoms with Crippen molar-refractivity contribution in [1.82, 2.24) is 0 Å². The summed E-state index contributed by atoms with van der Waals surface area (Å²) in [6, 6.07) is 18.6. The molecule has 0 saturated carbocycles. The molecular weight excluding hydrogens is 274 g/mol. The molecule has 0 spiro atoms. The normalized spacial score (nSPS) is 12.8. The van der Waals surface area contributed by atoms with Crippen LogP contribution in [0.5, 0.6) is 0 Å². The molecule has 0 fully saturated rings. The van der Waals surface area contributed by atoms with Crippen molar-refractivity contribution >= 4 is 22.1 Å². The minimum atomic E-state index is 0.184. The molecule has 0 amide bonds. The zero-order valence-electron chi connectivity index (χ0n) is 9.68. The van der Waals surface area contributed by atoms with Gasteiger partial charge in [-0.15, -0.1) is 0 Å². The second-order valence-electron chi connectivity index (χ2n) is 3.89. The maximum atomic E-state index is 4.57. The van der Waals surface area contributed by atoms with E-state index in [4.69, 9.17) is 0 Å². The van der Waals surface area contributed by atoms with Gasteiger partial charge in [0.1, 0.15) is 0 Å². The predicted octanol–water partition coefficient (Wildman–Crippen LogP) is 4.63. The van der Waals surface area contributed by atoms with Crippen molar-refractivity contribution in [3.63, 3.8) is 0 Å². The number of benzene rings is 2. The second kappa shape index (κ2) is 5.78. The van der Waals surface area contributed by atoms with Crippen LogP contribution in [0, 0.1) is 0 Å². The number of hydrogen-bond donors (Lipinski definition) is 0. The molecule has 0 aliphatic heterocycles. The lowest BCUT2D eigenvalue weighted by Crippen LogP contribution is -1.91. The summed E-state index contributed by atoms with van der Waals surface area (Å²) in [5, 5.41) is 0. The molecule has 86 valence electrons. The van der Waals surface area contributed by atoms with E-state index in [1.807, 2.05) is 48.7 Å². The molecule has 0 aliphatic carbocycles. The van der Waals surface area contributed by atoms with Crippen molar-refractivity contribution in [2.75, 3.05) is 0 Å². The van der Waals surface area contributed by atoms with Crippen molar-refractivity contribution in [2.45, 2.75) is 13.0 Å². The number of rotatable bonds is 3. The average molecular weight is 288 g/mol. The maximum Gasteiger partial charge on any atom is 0.0721 e. The van der Waals surface area contributed by atoms with Crippen molar-refractivity contribution in [3.05, 3.63) is 70.2 Å². The molecule has 0 radical (unpaired) electrons. The fraction of sp³-hybridized carbons (Fsp3) is 0.133. The smallest absolute Gasteiger partial charge is 0.0721 e. The van der Waals surface area contributed by atoms with Gasteiger partial charge >= 0.3 is 0 Å². The Bertz CT molecular complexity index is 505. The fourth-order valence-corrected chi connectivity index (χ4v) is 1.98. The number of hydrogen-bond acceptors (Lipinski definition) is 1. The van der Waals surface area contributed by atoms with Crippen molar-refractivity contribution in [3.8, 4) is 0 Å². The summed E-state index contributed by atoms with van der Waals surface area (Å²) in [4.78, 5) is 4.57. The minimum absolute atomic E-state index is 0.184. The van der Waals surface area contributed by atoms with E-state index >= 15 is 0 Å². The van der Waals surface area contributed by atoms with Gasteiger partial charge in [0.05, 0.1) is 6.04 Å². The fourth-order valence-electron chi connectivity index (χ4n) is 1.59. The molecule has 0 heterocycles. The van der Waals surface area contributed by atoms with Gasteiger partial charge in [-0.2, -0.15) is 0 Å². The lowest BCUT2D eigenvalue weighted by Gasteiger charge is -2.06. The number of nitrogens with zero attached hydrogens (tertiary/aromatic N) is 1. The average Bonchev–Trinajstić information content (AvgIpc) is 2.38. The third kappa shape index (κ3) is 3.27. The molecule has 0 unspecified atom stereocenters. The van der Waals surface area contributed by atoms with Crippen LogP contribution in [0.15, 0.2) is 64.1 Å². The van der Waals surface area contributed by atoms with Crippen LogP contribution >= 0.6 is 15.9 Å². The van der Waals surface area contributed by atoms with Crippen molar-refractivity contribution in [2.24, 2.45) is 4.99 Å². The van der Waals surface area contributed by atoms with Crippen LogP contribution in [-0.2, 0) is 0 Å². The third-order valence-corrected chi connectivity index (χ3v) is 3.35. The third-order valence-electron chi connectivity index (χ3n) is 2.62. The first kappa shape index (κ1) is 12.1. The van der Waals surface area contributed by atoms with Crippen LogP contribution in [0.3, 0.4) is 0 Å². The Labute approximate surface area is 110 Å². The van der Waals surface area contributed by atoms with E-state index in [1.54, 1.807) is 0 Å². The molecule has 2 aromatic carbocycles. The first-order chi connectivity index (χ1) is 8.27. The first-order valence-corrected chi connectivity index (χ1v) is 6.39. The van der Waals surface area contributed by atoms with Gasteiger partial charge in [-0.1, -0.05) is 64.5 Å². The van der Waals surface area contributed by atoms with Crippen LogP contribution in [0.1, 0.15) is 24.1 Å². The Kier molecular flexibility index (Phi) is 4.10. The van der Waals surface area contributed by atoms with Gasteiger partial charge in [-0.25, -0.2) is 0 Å². The Morgan fingerprint density at radius 1 is 1.00 bits per heavy atom. The molecule has 1 atom stereocenters. The number of halogens is 1. The van der Waals surface area contributed by atoms with Gasteiger partial charge in [-0.05, 0) is 18.6 Å². The molecular formula is C15H14BrN. The zero-order valence-corrected chi connectivity index (χ0v) is 11.3. The highest BCUT2D eigenvalue weighted by Crippen LogP contribution is 2.18. The van der Waals surface area contributed by atoms with Crippen LogP contribution in [0.2, 0.25) is 0 Å². The Balaban J connectivity index is 2.14. The van der Waals surface area contributed by atoms with Crippen LogP contribution in [0.4, 0.5) is 0 Å². The van der Waals surface area contributed by atoms with Gasteiger partial charge < -0.3 is 0 Å². The van der Waals surface area contributed by atoms with E-state index in [9.17, 15) is 0 Å². The molecule has 0 aliphatic rings. The van der Waals surface area contributed by atoms with E-state index in [0.29, 0.717) is 0 Å². The maximum absolute atomic E-state index is 4.57. The summed E-state index contributed by atoms with van der Waals surface area (Å²) >= 11 is 3.51. The molecule has 0 aromatic heterocycles. The van der Waals surface area contributed by atoms with E-state index in [0.717, 1.165) is 10.0 Å². The molecule has 0 N–H and O–H groups in total. The Morgan fingerprint density at radius 2 is 1.65 bits per heavy atom. The summed E-state index contributed by atoms with van der Waals surface area (Å²) in [6.07, 6.45) is 1.92. The van der Waals surface area contributed by atoms with Gasteiger partial charge in [0.25, 0.3) is 0 Å². The lowest BCUT2D eigenvalue weighted by atomic mass is 10.1. The monoisotopic (exact) mass is 287 g/mol. The molecule has 2 rings (SSSR count). The summed E-state index contributed by atoms with van der Waals surface area (Å²) in [7, 11) is 0. The predicted molar refractivity (Wildman–Crippen MR) is 76.6 cm³/mol. The summed E-state index contributed by atoms with van der Waals surface area (Å²) in [6.45, 7) is 2.10. The highest BCUT2D eigenvalue weighted by atomic mass is 79.9. The Hall–Kier alpha value is -1.41. The molecule has 0 saturated heterocycles. The van der Waals surface area contributed by atoms with E-state index in [-0.39, 0.29) is 6.04 Å². The quantitative estimate of drug-likeness (QED) is 0.730.